The summed E-state index contributed by atoms with van der Waals surface area (Å²) in [6.07, 6.45) is -4.21. The molecule has 0 atom stereocenters. The van der Waals surface area contributed by atoms with Crippen LogP contribution in [0.4, 0.5) is 13.2 Å². The van der Waals surface area contributed by atoms with Crippen LogP contribution in [-0.2, 0) is 6.18 Å². The zero-order valence-corrected chi connectivity index (χ0v) is 7.80. The summed E-state index contributed by atoms with van der Waals surface area (Å²) in [5.74, 6) is 4.85. The molecule has 0 spiro atoms. The first-order valence-electron chi connectivity index (χ1n) is 4.31. The fourth-order valence-electron chi connectivity index (χ4n) is 1.05. The summed E-state index contributed by atoms with van der Waals surface area (Å²) in [6.45, 7) is -0.152. The predicted octanol–water partition coefficient (Wildman–Crippen LogP) is 2.44. The van der Waals surface area contributed by atoms with E-state index in [9.17, 15) is 13.2 Å². The molecule has 0 aliphatic rings. The Hall–Kier alpha value is -1.47. The first kappa shape index (κ1) is 11.6. The smallest absolute Gasteiger partial charge is 0.395 e. The van der Waals surface area contributed by atoms with E-state index in [1.54, 1.807) is 0 Å². The molecule has 0 amide bonds. The minimum atomic E-state index is -4.38. The van der Waals surface area contributed by atoms with Gasteiger partial charge in [0.05, 0.1) is 12.2 Å². The Morgan fingerprint density at radius 3 is 2.47 bits per heavy atom. The lowest BCUT2D eigenvalue weighted by atomic mass is 10.1. The number of hydrogen-bond acceptors (Lipinski definition) is 1. The maximum Gasteiger partial charge on any atom is 0.417 e. The van der Waals surface area contributed by atoms with Crippen LogP contribution in [0.3, 0.4) is 0 Å². The number of halogens is 3. The van der Waals surface area contributed by atoms with Crippen molar-refractivity contribution in [2.24, 2.45) is 0 Å². The maximum atomic E-state index is 12.4. The number of hydrogen-bond donors (Lipinski definition) is 1. The largest absolute Gasteiger partial charge is 0.417 e. The van der Waals surface area contributed by atoms with Crippen molar-refractivity contribution >= 4 is 0 Å². The average Bonchev–Trinajstić information content (AvgIpc) is 2.17. The normalized spacial score (nSPS) is 10.7. The van der Waals surface area contributed by atoms with Crippen molar-refractivity contribution in [2.75, 3.05) is 6.61 Å². The van der Waals surface area contributed by atoms with Gasteiger partial charge in [0.2, 0.25) is 0 Å². The molecular formula is C11H9F3O. The SMILES string of the molecule is OCCC#Cc1ccccc1C(F)(F)F. The van der Waals surface area contributed by atoms with Crippen LogP contribution in [0.15, 0.2) is 24.3 Å². The van der Waals surface area contributed by atoms with Crippen molar-refractivity contribution in [3.8, 4) is 11.8 Å². The third-order valence-corrected chi connectivity index (χ3v) is 1.69. The quantitative estimate of drug-likeness (QED) is 0.712. The molecule has 0 aromatic heterocycles. The van der Waals surface area contributed by atoms with Crippen LogP contribution in [0.25, 0.3) is 0 Å². The van der Waals surface area contributed by atoms with Gasteiger partial charge in [-0.3, -0.25) is 0 Å². The number of alkyl halides is 3. The van der Waals surface area contributed by atoms with Gasteiger partial charge in [-0.1, -0.05) is 24.0 Å². The molecular weight excluding hydrogens is 205 g/mol. The van der Waals surface area contributed by atoms with E-state index in [1.807, 2.05) is 0 Å². The van der Waals surface area contributed by atoms with E-state index >= 15 is 0 Å². The number of aliphatic hydroxyl groups excluding tert-OH is 1. The van der Waals surface area contributed by atoms with Crippen LogP contribution in [0.1, 0.15) is 17.5 Å². The molecule has 15 heavy (non-hydrogen) atoms. The van der Waals surface area contributed by atoms with Crippen LogP contribution in [0.2, 0.25) is 0 Å². The maximum absolute atomic E-state index is 12.4. The number of rotatable bonds is 1. The average molecular weight is 214 g/mol. The van der Waals surface area contributed by atoms with E-state index in [4.69, 9.17) is 5.11 Å². The molecule has 1 aromatic carbocycles. The molecule has 0 unspecified atom stereocenters. The van der Waals surface area contributed by atoms with Gasteiger partial charge in [0.15, 0.2) is 0 Å². The Bertz CT molecular complexity index is 385. The Morgan fingerprint density at radius 2 is 1.87 bits per heavy atom. The van der Waals surface area contributed by atoms with Gasteiger partial charge >= 0.3 is 6.18 Å². The van der Waals surface area contributed by atoms with Crippen LogP contribution >= 0.6 is 0 Å². The molecule has 0 radical (unpaired) electrons. The Balaban J connectivity index is 3.04. The highest BCUT2D eigenvalue weighted by Crippen LogP contribution is 2.31. The predicted molar refractivity (Wildman–Crippen MR) is 50.0 cm³/mol. The minimum Gasteiger partial charge on any atom is -0.395 e. The molecule has 1 rings (SSSR count). The number of aliphatic hydroxyl groups is 1. The third kappa shape index (κ3) is 3.30. The van der Waals surface area contributed by atoms with Gasteiger partial charge in [-0.15, -0.1) is 0 Å². The van der Waals surface area contributed by atoms with Crippen LogP contribution in [0.5, 0.6) is 0 Å². The fourth-order valence-corrected chi connectivity index (χ4v) is 1.05. The monoisotopic (exact) mass is 214 g/mol. The van der Waals surface area contributed by atoms with Gasteiger partial charge in [0, 0.05) is 12.0 Å². The zero-order chi connectivity index (χ0) is 11.3. The van der Waals surface area contributed by atoms with E-state index in [-0.39, 0.29) is 18.6 Å². The summed E-state index contributed by atoms with van der Waals surface area (Å²) in [6, 6.07) is 5.12. The van der Waals surface area contributed by atoms with Gasteiger partial charge in [-0.2, -0.15) is 13.2 Å². The molecule has 0 bridgehead atoms. The summed E-state index contributed by atoms with van der Waals surface area (Å²) in [7, 11) is 0. The molecule has 0 heterocycles. The topological polar surface area (TPSA) is 20.2 Å². The van der Waals surface area contributed by atoms with Crippen LogP contribution in [-0.4, -0.2) is 11.7 Å². The molecule has 1 N–H and O–H groups in total. The second kappa shape index (κ2) is 4.85. The van der Waals surface area contributed by atoms with Crippen LogP contribution < -0.4 is 0 Å². The third-order valence-electron chi connectivity index (χ3n) is 1.69. The van der Waals surface area contributed by atoms with Crippen molar-refractivity contribution in [1.29, 1.82) is 0 Å². The molecule has 0 saturated heterocycles. The summed E-state index contributed by atoms with van der Waals surface area (Å²) in [4.78, 5) is 0. The highest BCUT2D eigenvalue weighted by Gasteiger charge is 2.32. The van der Waals surface area contributed by atoms with Crippen molar-refractivity contribution in [1.82, 2.24) is 0 Å². The van der Waals surface area contributed by atoms with E-state index in [2.05, 4.69) is 11.8 Å². The van der Waals surface area contributed by atoms with Gasteiger partial charge in [0.25, 0.3) is 0 Å². The second-order valence-electron chi connectivity index (χ2n) is 2.82. The minimum absolute atomic E-state index is 0.0570. The molecule has 80 valence electrons. The molecule has 1 nitrogen and oxygen atoms in total. The van der Waals surface area contributed by atoms with Gasteiger partial charge in [0.1, 0.15) is 0 Å². The Morgan fingerprint density at radius 1 is 1.20 bits per heavy atom. The lowest BCUT2D eigenvalue weighted by Gasteiger charge is -2.07. The van der Waals surface area contributed by atoms with E-state index in [0.717, 1.165) is 6.07 Å². The summed E-state index contributed by atoms with van der Waals surface area (Å²) < 4.78 is 37.3. The summed E-state index contributed by atoms with van der Waals surface area (Å²) in [5, 5.41) is 8.45. The molecule has 4 heteroatoms. The van der Waals surface area contributed by atoms with Gasteiger partial charge < -0.3 is 5.11 Å². The first-order chi connectivity index (χ1) is 7.05. The molecule has 0 saturated carbocycles. The van der Waals surface area contributed by atoms with E-state index < -0.39 is 11.7 Å². The first-order valence-corrected chi connectivity index (χ1v) is 4.31. The lowest BCUT2D eigenvalue weighted by molar-refractivity contribution is -0.137. The van der Waals surface area contributed by atoms with E-state index in [1.165, 1.54) is 18.2 Å². The molecule has 0 fully saturated rings. The van der Waals surface area contributed by atoms with Crippen LogP contribution in [0, 0.1) is 11.8 Å². The standard InChI is InChI=1S/C11H9F3O/c12-11(13,14)10-7-2-1-5-9(10)6-3-4-8-15/h1-2,5,7,15H,4,8H2. The highest BCUT2D eigenvalue weighted by atomic mass is 19.4. The van der Waals surface area contributed by atoms with Crippen molar-refractivity contribution in [2.45, 2.75) is 12.6 Å². The van der Waals surface area contributed by atoms with Gasteiger partial charge in [-0.05, 0) is 12.1 Å². The summed E-state index contributed by atoms with van der Waals surface area (Å²) >= 11 is 0. The zero-order valence-electron chi connectivity index (χ0n) is 7.80. The van der Waals surface area contributed by atoms with Crippen molar-refractivity contribution in [3.05, 3.63) is 35.4 Å². The van der Waals surface area contributed by atoms with Gasteiger partial charge in [-0.25, -0.2) is 0 Å². The lowest BCUT2D eigenvalue weighted by Crippen LogP contribution is -2.07. The molecule has 0 aliphatic heterocycles. The highest BCUT2D eigenvalue weighted by molar-refractivity contribution is 5.42. The molecule has 1 aromatic rings. The second-order valence-corrected chi connectivity index (χ2v) is 2.82. The molecule has 0 aliphatic carbocycles. The fraction of sp³-hybridized carbons (Fsp3) is 0.273. The Labute approximate surface area is 85.5 Å². The van der Waals surface area contributed by atoms with Crippen molar-refractivity contribution in [3.63, 3.8) is 0 Å². The summed E-state index contributed by atoms with van der Waals surface area (Å²) in [5.41, 5.74) is -0.797. The van der Waals surface area contributed by atoms with Crippen molar-refractivity contribution < 1.29 is 18.3 Å². The number of benzene rings is 1. The van der Waals surface area contributed by atoms with E-state index in [0.29, 0.717) is 0 Å². The Kier molecular flexibility index (Phi) is 3.75.